The molecule has 0 aliphatic rings. The summed E-state index contributed by atoms with van der Waals surface area (Å²) in [6.45, 7) is 2.82. The number of aryl methyl sites for hydroxylation is 1. The number of benzene rings is 1. The van der Waals surface area contributed by atoms with Crippen LogP contribution >= 0.6 is 0 Å². The van der Waals surface area contributed by atoms with Crippen LogP contribution in [0.5, 0.6) is 0 Å². The highest BCUT2D eigenvalue weighted by Crippen LogP contribution is 2.12. The minimum atomic E-state index is -1.08. The van der Waals surface area contributed by atoms with E-state index < -0.39 is 5.97 Å². The van der Waals surface area contributed by atoms with E-state index in [0.717, 1.165) is 24.0 Å². The summed E-state index contributed by atoms with van der Waals surface area (Å²) in [5.74, 6) is -1.08. The van der Waals surface area contributed by atoms with Crippen molar-refractivity contribution < 1.29 is 9.90 Å². The van der Waals surface area contributed by atoms with E-state index in [0.29, 0.717) is 5.56 Å². The molecule has 0 radical (unpaired) electrons. The molecule has 0 saturated carbocycles. The van der Waals surface area contributed by atoms with E-state index in [4.69, 9.17) is 0 Å². The fourth-order valence-electron chi connectivity index (χ4n) is 1.58. The van der Waals surface area contributed by atoms with Gasteiger partial charge in [0, 0.05) is 12.4 Å². The topological polar surface area (TPSA) is 70.8 Å². The van der Waals surface area contributed by atoms with Gasteiger partial charge in [-0.15, -0.1) is 0 Å². The number of aliphatic carboxylic acids is 1. The fraction of sp³-hybridized carbons (Fsp3) is 0.364. The van der Waals surface area contributed by atoms with Crippen LogP contribution in [0.2, 0.25) is 0 Å². The van der Waals surface area contributed by atoms with E-state index in [1.165, 1.54) is 0 Å². The summed E-state index contributed by atoms with van der Waals surface area (Å²) in [4.78, 5) is 12.1. The van der Waals surface area contributed by atoms with Gasteiger partial charge in [-0.3, -0.25) is 0 Å². The van der Waals surface area contributed by atoms with E-state index in [9.17, 15) is 9.90 Å². The minimum Gasteiger partial charge on any atom is -0.550 e. The molecule has 5 nitrogen and oxygen atoms in total. The highest BCUT2D eigenvalue weighted by molar-refractivity contribution is 5.76. The molecular formula is C11H12N3O2-. The quantitative estimate of drug-likeness (QED) is 0.731. The molecule has 0 N–H and O–H groups in total. The Hall–Kier alpha value is -1.91. The minimum absolute atomic E-state index is 0.0867. The normalized spacial score (nSPS) is 10.8. The van der Waals surface area contributed by atoms with Crippen LogP contribution in [-0.4, -0.2) is 21.0 Å². The van der Waals surface area contributed by atoms with Gasteiger partial charge in [-0.1, -0.05) is 13.0 Å². The Morgan fingerprint density at radius 3 is 2.81 bits per heavy atom. The third-order valence-electron chi connectivity index (χ3n) is 2.26. The number of carbonyl (C=O) groups excluding carboxylic acids is 1. The first-order chi connectivity index (χ1) is 7.69. The van der Waals surface area contributed by atoms with Crippen LogP contribution in [0.15, 0.2) is 18.2 Å². The van der Waals surface area contributed by atoms with Gasteiger partial charge in [0.05, 0.1) is 6.54 Å². The standard InChI is InChI=1S/C11H13N3O2/c1-2-5-14-12-9-4-3-8(7-11(15)16)6-10(9)13-14/h3-4,6H,2,5,7H2,1H3,(H,15,16)/p-1. The Morgan fingerprint density at radius 1 is 1.38 bits per heavy atom. The van der Waals surface area contributed by atoms with Gasteiger partial charge in [-0.25, -0.2) is 0 Å². The number of carboxylic acids is 1. The van der Waals surface area contributed by atoms with Crippen molar-refractivity contribution in [2.75, 3.05) is 0 Å². The molecule has 84 valence electrons. The number of aromatic nitrogens is 3. The molecule has 16 heavy (non-hydrogen) atoms. The second-order valence-corrected chi connectivity index (χ2v) is 3.67. The maximum atomic E-state index is 10.5. The molecule has 0 atom stereocenters. The van der Waals surface area contributed by atoms with E-state index in [1.54, 1.807) is 23.0 Å². The molecule has 1 aromatic heterocycles. The SMILES string of the molecule is CCCn1nc2ccc(CC(=O)[O-])cc2n1. The first-order valence-corrected chi connectivity index (χ1v) is 5.22. The number of nitrogens with zero attached hydrogens (tertiary/aromatic N) is 3. The van der Waals surface area contributed by atoms with Crippen molar-refractivity contribution in [2.45, 2.75) is 26.3 Å². The van der Waals surface area contributed by atoms with Gasteiger partial charge >= 0.3 is 0 Å². The van der Waals surface area contributed by atoms with Crippen molar-refractivity contribution in [2.24, 2.45) is 0 Å². The molecule has 0 fully saturated rings. The maximum absolute atomic E-state index is 10.5. The summed E-state index contributed by atoms with van der Waals surface area (Å²) in [7, 11) is 0. The summed E-state index contributed by atoms with van der Waals surface area (Å²) in [5, 5.41) is 19.0. The van der Waals surface area contributed by atoms with Crippen LogP contribution in [0.25, 0.3) is 11.0 Å². The number of rotatable bonds is 4. The summed E-state index contributed by atoms with van der Waals surface area (Å²) in [6.07, 6.45) is 0.878. The summed E-state index contributed by atoms with van der Waals surface area (Å²) in [6, 6.07) is 5.26. The van der Waals surface area contributed by atoms with E-state index in [2.05, 4.69) is 17.1 Å². The Morgan fingerprint density at radius 2 is 2.12 bits per heavy atom. The number of carboxylic acid groups (broad SMARTS) is 1. The number of carbonyl (C=O) groups is 1. The predicted octanol–water partition coefficient (Wildman–Crippen LogP) is 0.134. The van der Waals surface area contributed by atoms with Crippen molar-refractivity contribution in [1.29, 1.82) is 0 Å². The number of hydrogen-bond acceptors (Lipinski definition) is 4. The molecule has 0 aliphatic heterocycles. The van der Waals surface area contributed by atoms with Crippen molar-refractivity contribution >= 4 is 17.0 Å². The van der Waals surface area contributed by atoms with Crippen molar-refractivity contribution in [3.05, 3.63) is 23.8 Å². The van der Waals surface area contributed by atoms with Crippen LogP contribution in [0, 0.1) is 0 Å². The van der Waals surface area contributed by atoms with Gasteiger partial charge in [-0.05, 0) is 24.1 Å². The molecule has 5 heteroatoms. The molecule has 2 aromatic rings. The van der Waals surface area contributed by atoms with Gasteiger partial charge in [0.25, 0.3) is 0 Å². The zero-order valence-electron chi connectivity index (χ0n) is 9.01. The van der Waals surface area contributed by atoms with Gasteiger partial charge in [0.1, 0.15) is 11.0 Å². The molecule has 0 unspecified atom stereocenters. The van der Waals surface area contributed by atoms with Crippen LogP contribution in [0.3, 0.4) is 0 Å². The van der Waals surface area contributed by atoms with Gasteiger partial charge in [0.15, 0.2) is 0 Å². The van der Waals surface area contributed by atoms with Crippen LogP contribution < -0.4 is 5.11 Å². The van der Waals surface area contributed by atoms with E-state index in [1.807, 2.05) is 0 Å². The lowest BCUT2D eigenvalue weighted by atomic mass is 10.1. The molecule has 0 saturated heterocycles. The molecule has 1 aromatic carbocycles. The lowest BCUT2D eigenvalue weighted by Gasteiger charge is -2.00. The Labute approximate surface area is 92.7 Å². The lowest BCUT2D eigenvalue weighted by molar-refractivity contribution is -0.304. The molecule has 1 heterocycles. The fourth-order valence-corrected chi connectivity index (χ4v) is 1.58. The average Bonchev–Trinajstić information content (AvgIpc) is 2.59. The summed E-state index contributed by atoms with van der Waals surface area (Å²) in [5.41, 5.74) is 2.21. The largest absolute Gasteiger partial charge is 0.550 e. The predicted molar refractivity (Wildman–Crippen MR) is 56.5 cm³/mol. The Kier molecular flexibility index (Phi) is 2.85. The zero-order valence-corrected chi connectivity index (χ0v) is 9.01. The van der Waals surface area contributed by atoms with Crippen LogP contribution in [-0.2, 0) is 17.8 Å². The third-order valence-corrected chi connectivity index (χ3v) is 2.26. The highest BCUT2D eigenvalue weighted by atomic mass is 16.4. The van der Waals surface area contributed by atoms with Crippen molar-refractivity contribution in [3.63, 3.8) is 0 Å². The summed E-state index contributed by atoms with van der Waals surface area (Å²) < 4.78 is 0. The number of hydrogen-bond donors (Lipinski definition) is 0. The van der Waals surface area contributed by atoms with E-state index >= 15 is 0 Å². The summed E-state index contributed by atoms with van der Waals surface area (Å²) >= 11 is 0. The van der Waals surface area contributed by atoms with Crippen molar-refractivity contribution in [1.82, 2.24) is 15.0 Å². The second kappa shape index (κ2) is 4.30. The molecule has 2 rings (SSSR count). The first kappa shape index (κ1) is 10.6. The molecule has 0 bridgehead atoms. The first-order valence-electron chi connectivity index (χ1n) is 5.22. The Balaban J connectivity index is 2.33. The highest BCUT2D eigenvalue weighted by Gasteiger charge is 2.03. The average molecular weight is 218 g/mol. The number of fused-ring (bicyclic) bond motifs is 1. The van der Waals surface area contributed by atoms with E-state index in [-0.39, 0.29) is 6.42 Å². The molecule has 0 aliphatic carbocycles. The Bertz CT molecular complexity index is 519. The molecule has 0 spiro atoms. The van der Waals surface area contributed by atoms with Crippen LogP contribution in [0.1, 0.15) is 18.9 Å². The van der Waals surface area contributed by atoms with Gasteiger partial charge in [0.2, 0.25) is 0 Å². The smallest absolute Gasteiger partial charge is 0.113 e. The zero-order chi connectivity index (χ0) is 11.5. The lowest BCUT2D eigenvalue weighted by Crippen LogP contribution is -2.24. The molecule has 0 amide bonds. The third kappa shape index (κ3) is 2.18. The van der Waals surface area contributed by atoms with Gasteiger partial charge in [-0.2, -0.15) is 15.0 Å². The monoisotopic (exact) mass is 218 g/mol. The van der Waals surface area contributed by atoms with Crippen molar-refractivity contribution in [3.8, 4) is 0 Å². The molecular weight excluding hydrogens is 206 g/mol. The maximum Gasteiger partial charge on any atom is 0.113 e. The van der Waals surface area contributed by atoms with Gasteiger partial charge < -0.3 is 9.90 Å². The van der Waals surface area contributed by atoms with Crippen LogP contribution in [0.4, 0.5) is 0 Å². The second-order valence-electron chi connectivity index (χ2n) is 3.67.